The molecule has 2 N–H and O–H groups in total. The molecule has 1 aliphatic rings. The number of aromatic amines is 1. The number of nitrogens with one attached hydrogen (secondary N) is 2. The maximum atomic E-state index is 11.7. The Morgan fingerprint density at radius 3 is 2.84 bits per heavy atom. The summed E-state index contributed by atoms with van der Waals surface area (Å²) in [4.78, 5) is 14.8. The number of cyclic esters (lactones) is 1. The molecule has 0 bridgehead atoms. The van der Waals surface area contributed by atoms with Crippen molar-refractivity contribution in [3.8, 4) is 0 Å². The molecule has 0 fully saturated rings. The fourth-order valence-electron chi connectivity index (χ4n) is 1.94. The number of pyridine rings is 1. The Morgan fingerprint density at radius 2 is 2.05 bits per heavy atom. The summed E-state index contributed by atoms with van der Waals surface area (Å²) in [6, 6.07) is 9.26. The molecule has 2 heterocycles. The second-order valence-corrected chi connectivity index (χ2v) is 5.83. The van der Waals surface area contributed by atoms with E-state index in [0.717, 1.165) is 20.3 Å². The van der Waals surface area contributed by atoms with Crippen LogP contribution in [0.4, 0.5) is 5.82 Å². The van der Waals surface area contributed by atoms with E-state index in [0.29, 0.717) is 5.56 Å². The van der Waals surface area contributed by atoms with Crippen LogP contribution < -0.4 is 10.3 Å². The molecule has 6 heteroatoms. The molecule has 96 valence electrons. The van der Waals surface area contributed by atoms with Crippen LogP contribution in [-0.4, -0.2) is 5.97 Å². The van der Waals surface area contributed by atoms with Crippen molar-refractivity contribution < 1.29 is 14.5 Å². The summed E-state index contributed by atoms with van der Waals surface area (Å²) in [6.45, 7) is 0. The van der Waals surface area contributed by atoms with Gasteiger partial charge in [0.25, 0.3) is 12.0 Å². The molecule has 0 saturated carbocycles. The molecule has 3 rings (SSSR count). The van der Waals surface area contributed by atoms with E-state index in [1.165, 1.54) is 0 Å². The number of carbonyl (C=O) groups is 1. The standard InChI is InChI=1S/C13H8Br2N2O2/c14-7-5-10(15)11(16-6-7)17-12-8-3-1-2-4-9(8)13(18)19-12/h1-6,12H,(H,16,17)/p+1/t12-/m1/s1. The maximum Gasteiger partial charge on any atom is 0.342 e. The summed E-state index contributed by atoms with van der Waals surface area (Å²) in [7, 11) is 0. The summed E-state index contributed by atoms with van der Waals surface area (Å²) in [5, 5.41) is 3.16. The number of rotatable bonds is 2. The third-order valence-electron chi connectivity index (χ3n) is 2.82. The van der Waals surface area contributed by atoms with Crippen molar-refractivity contribution >= 4 is 43.6 Å². The van der Waals surface area contributed by atoms with Crippen LogP contribution in [0, 0.1) is 0 Å². The maximum absolute atomic E-state index is 11.7. The number of benzene rings is 1. The van der Waals surface area contributed by atoms with Crippen molar-refractivity contribution in [1.82, 2.24) is 0 Å². The highest BCUT2D eigenvalue weighted by Gasteiger charge is 2.34. The van der Waals surface area contributed by atoms with Gasteiger partial charge in [0.2, 0.25) is 0 Å². The molecule has 0 aliphatic carbocycles. The second-order valence-electron chi connectivity index (χ2n) is 4.06. The number of hydrogen-bond donors (Lipinski definition) is 1. The minimum absolute atomic E-state index is 0.304. The molecule has 0 amide bonds. The predicted molar refractivity (Wildman–Crippen MR) is 76.6 cm³/mol. The van der Waals surface area contributed by atoms with Crippen molar-refractivity contribution in [2.24, 2.45) is 0 Å². The van der Waals surface area contributed by atoms with Gasteiger partial charge in [0.05, 0.1) is 15.6 Å². The molecule has 0 unspecified atom stereocenters. The van der Waals surface area contributed by atoms with Gasteiger partial charge in [-0.15, -0.1) is 0 Å². The van der Waals surface area contributed by atoms with Gasteiger partial charge < -0.3 is 4.74 Å². The van der Waals surface area contributed by atoms with E-state index in [1.807, 2.05) is 24.3 Å². The highest BCUT2D eigenvalue weighted by atomic mass is 79.9. The van der Waals surface area contributed by atoms with Crippen LogP contribution in [0.5, 0.6) is 0 Å². The summed E-state index contributed by atoms with van der Waals surface area (Å²) < 4.78 is 7.09. The van der Waals surface area contributed by atoms with Gasteiger partial charge in [0.1, 0.15) is 10.7 Å². The zero-order valence-corrected chi connectivity index (χ0v) is 12.8. The summed E-state index contributed by atoms with van der Waals surface area (Å²) in [5.41, 5.74) is 1.45. The number of halogens is 2. The first-order valence-electron chi connectivity index (χ1n) is 5.58. The van der Waals surface area contributed by atoms with Gasteiger partial charge in [-0.1, -0.05) is 18.2 Å². The van der Waals surface area contributed by atoms with E-state index in [9.17, 15) is 4.79 Å². The molecule has 1 aromatic heterocycles. The highest BCUT2D eigenvalue weighted by Crippen LogP contribution is 2.32. The fraction of sp³-hybridized carbons (Fsp3) is 0.0769. The average molecular weight is 385 g/mol. The molecular weight excluding hydrogens is 376 g/mol. The lowest BCUT2D eigenvalue weighted by Crippen LogP contribution is -2.18. The van der Waals surface area contributed by atoms with E-state index in [2.05, 4.69) is 42.2 Å². The molecule has 1 aliphatic heterocycles. The molecule has 2 aromatic rings. The van der Waals surface area contributed by atoms with Crippen molar-refractivity contribution in [1.29, 1.82) is 0 Å². The Labute approximate surface area is 126 Å². The number of aromatic nitrogens is 1. The lowest BCUT2D eigenvalue weighted by molar-refractivity contribution is -0.363. The number of hydrogen-bond acceptors (Lipinski definition) is 3. The van der Waals surface area contributed by atoms with Crippen molar-refractivity contribution in [2.45, 2.75) is 6.23 Å². The lowest BCUT2D eigenvalue weighted by Gasteiger charge is -2.08. The van der Waals surface area contributed by atoms with E-state index in [4.69, 9.17) is 4.74 Å². The van der Waals surface area contributed by atoms with Crippen LogP contribution >= 0.6 is 31.9 Å². The third kappa shape index (κ3) is 2.37. The SMILES string of the molecule is O=C1O[C@@H](Nc2[nH+]cc(Br)cc2Br)c2ccccc21. The minimum atomic E-state index is -0.475. The molecular formula is C13H9Br2N2O2+. The van der Waals surface area contributed by atoms with Gasteiger partial charge in [-0.25, -0.2) is 15.1 Å². The van der Waals surface area contributed by atoms with E-state index < -0.39 is 6.23 Å². The normalized spacial score (nSPS) is 16.9. The van der Waals surface area contributed by atoms with Crippen LogP contribution in [0.2, 0.25) is 0 Å². The van der Waals surface area contributed by atoms with Gasteiger partial charge in [-0.2, -0.15) is 0 Å². The predicted octanol–water partition coefficient (Wildman–Crippen LogP) is 3.31. The van der Waals surface area contributed by atoms with Crippen LogP contribution in [0.15, 0.2) is 45.5 Å². The van der Waals surface area contributed by atoms with Crippen LogP contribution in [-0.2, 0) is 4.74 Å². The number of carbonyl (C=O) groups excluding carboxylic acids is 1. The van der Waals surface area contributed by atoms with Crippen molar-refractivity contribution in [2.75, 3.05) is 5.32 Å². The third-order valence-corrected chi connectivity index (χ3v) is 3.90. The van der Waals surface area contributed by atoms with Gasteiger partial charge in [-0.3, -0.25) is 0 Å². The van der Waals surface area contributed by atoms with Crippen LogP contribution in [0.3, 0.4) is 0 Å². The fourth-order valence-corrected chi connectivity index (χ4v) is 3.07. The van der Waals surface area contributed by atoms with E-state index in [1.54, 1.807) is 12.3 Å². The van der Waals surface area contributed by atoms with Gasteiger partial charge in [0.15, 0.2) is 0 Å². The molecule has 1 aromatic carbocycles. The van der Waals surface area contributed by atoms with E-state index >= 15 is 0 Å². The van der Waals surface area contributed by atoms with Crippen molar-refractivity contribution in [3.63, 3.8) is 0 Å². The topological polar surface area (TPSA) is 52.5 Å². The van der Waals surface area contributed by atoms with Crippen molar-refractivity contribution in [3.05, 3.63) is 56.6 Å². The van der Waals surface area contributed by atoms with Gasteiger partial charge in [0, 0.05) is 0 Å². The lowest BCUT2D eigenvalue weighted by atomic mass is 10.1. The number of H-pyrrole nitrogens is 1. The average Bonchev–Trinajstić information content (AvgIpc) is 2.71. The number of anilines is 1. The first-order valence-corrected chi connectivity index (χ1v) is 7.17. The first-order chi connectivity index (χ1) is 9.15. The Bertz CT molecular complexity index is 661. The monoisotopic (exact) mass is 383 g/mol. The molecule has 0 spiro atoms. The molecule has 4 nitrogen and oxygen atoms in total. The quantitative estimate of drug-likeness (QED) is 0.808. The molecule has 1 atom stereocenters. The van der Waals surface area contributed by atoms with Crippen LogP contribution in [0.25, 0.3) is 0 Å². The summed E-state index contributed by atoms with van der Waals surface area (Å²) in [6.07, 6.45) is 1.33. The summed E-state index contributed by atoms with van der Waals surface area (Å²) in [5.74, 6) is 0.444. The Kier molecular flexibility index (Phi) is 3.28. The number of ether oxygens (including phenoxy) is 1. The number of esters is 1. The smallest absolute Gasteiger partial charge is 0.342 e. The second kappa shape index (κ2) is 4.94. The number of fused-ring (bicyclic) bond motifs is 1. The largest absolute Gasteiger partial charge is 0.414 e. The zero-order valence-electron chi connectivity index (χ0n) is 9.61. The van der Waals surface area contributed by atoms with E-state index in [-0.39, 0.29) is 5.97 Å². The van der Waals surface area contributed by atoms with Gasteiger partial charge >= 0.3 is 5.97 Å². The Morgan fingerprint density at radius 1 is 1.26 bits per heavy atom. The first kappa shape index (κ1) is 12.6. The molecule has 0 radical (unpaired) electrons. The zero-order chi connectivity index (χ0) is 13.4. The molecule has 0 saturated heterocycles. The Balaban J connectivity index is 1.91. The van der Waals surface area contributed by atoms with Gasteiger partial charge in [-0.05, 0) is 44.0 Å². The molecule has 19 heavy (non-hydrogen) atoms. The highest BCUT2D eigenvalue weighted by molar-refractivity contribution is 9.11. The minimum Gasteiger partial charge on any atom is -0.414 e. The Hall–Kier alpha value is -1.40. The van der Waals surface area contributed by atoms with Crippen LogP contribution in [0.1, 0.15) is 22.1 Å². The summed E-state index contributed by atoms with van der Waals surface area (Å²) >= 11 is 6.82.